The fraction of sp³-hybridized carbons (Fsp3) is 0.0476. The van der Waals surface area contributed by atoms with Crippen molar-refractivity contribution >= 4 is 11.6 Å². The predicted octanol–water partition coefficient (Wildman–Crippen LogP) is 4.99. The van der Waals surface area contributed by atoms with Gasteiger partial charge in [-0.15, -0.1) is 0 Å². The normalized spacial score (nSPS) is 10.5. The van der Waals surface area contributed by atoms with Gasteiger partial charge in [0.1, 0.15) is 5.75 Å². The van der Waals surface area contributed by atoms with E-state index < -0.39 is 0 Å². The fourth-order valence-electron chi connectivity index (χ4n) is 2.55. The molecule has 1 amide bonds. The van der Waals surface area contributed by atoms with Crippen molar-refractivity contribution in [1.82, 2.24) is 5.16 Å². The van der Waals surface area contributed by atoms with E-state index in [0.717, 1.165) is 0 Å². The van der Waals surface area contributed by atoms with Crippen molar-refractivity contribution in [3.05, 3.63) is 78.7 Å². The lowest BCUT2D eigenvalue weighted by Gasteiger charge is -2.10. The Morgan fingerprint density at radius 1 is 0.964 bits per heavy atom. The number of amides is 1. The van der Waals surface area contributed by atoms with Crippen LogP contribution in [0.4, 0.5) is 5.69 Å². The molecule has 7 heteroatoms. The maximum Gasteiger partial charge on any atom is 0.277 e. The monoisotopic (exact) mass is 376 g/mol. The average molecular weight is 376 g/mol. The number of anilines is 1. The molecular weight excluding hydrogens is 360 g/mol. The van der Waals surface area contributed by atoms with Crippen LogP contribution in [-0.2, 0) is 0 Å². The summed E-state index contributed by atoms with van der Waals surface area (Å²) in [5.41, 5.74) is 0.751. The number of furan rings is 1. The molecule has 0 aliphatic carbocycles. The van der Waals surface area contributed by atoms with Gasteiger partial charge in [0.05, 0.1) is 13.4 Å². The van der Waals surface area contributed by atoms with Crippen LogP contribution >= 0.6 is 0 Å². The molecule has 2 aromatic heterocycles. The van der Waals surface area contributed by atoms with Crippen molar-refractivity contribution in [1.29, 1.82) is 0 Å². The number of carbonyl (C=O) groups is 1. The molecule has 0 spiro atoms. The van der Waals surface area contributed by atoms with Crippen LogP contribution in [0.2, 0.25) is 0 Å². The quantitative estimate of drug-likeness (QED) is 0.510. The number of nitrogens with zero attached hydrogens (tertiary/aromatic N) is 1. The molecule has 0 aliphatic rings. The summed E-state index contributed by atoms with van der Waals surface area (Å²) < 4.78 is 21.4. The second kappa shape index (κ2) is 7.71. The van der Waals surface area contributed by atoms with Gasteiger partial charge in [-0.2, -0.15) is 0 Å². The van der Waals surface area contributed by atoms with Crippen LogP contribution in [0.3, 0.4) is 0 Å². The lowest BCUT2D eigenvalue weighted by molar-refractivity contribution is 0.101. The second-order valence-electron chi connectivity index (χ2n) is 5.79. The Labute approximate surface area is 160 Å². The van der Waals surface area contributed by atoms with Gasteiger partial charge in [0.15, 0.2) is 23.0 Å². The zero-order valence-electron chi connectivity index (χ0n) is 14.9. The van der Waals surface area contributed by atoms with E-state index in [9.17, 15) is 4.79 Å². The Balaban J connectivity index is 1.42. The molecule has 0 atom stereocenters. The van der Waals surface area contributed by atoms with Crippen molar-refractivity contribution < 1.29 is 23.2 Å². The number of nitrogens with one attached hydrogen (secondary N) is 1. The van der Waals surface area contributed by atoms with E-state index in [-0.39, 0.29) is 11.6 Å². The maximum atomic E-state index is 12.3. The zero-order valence-corrected chi connectivity index (χ0v) is 14.9. The third-order valence-corrected chi connectivity index (χ3v) is 3.92. The number of ether oxygens (including phenoxy) is 2. The number of rotatable bonds is 6. The Hall–Kier alpha value is -4.00. The average Bonchev–Trinajstić information content (AvgIpc) is 3.42. The minimum absolute atomic E-state index is 0.153. The molecule has 7 nitrogen and oxygen atoms in total. The SMILES string of the molecule is COc1ccccc1Oc1ccc(NC(=O)c2cc(-c3ccco3)on2)cc1. The molecule has 0 aliphatic heterocycles. The molecule has 140 valence electrons. The van der Waals surface area contributed by atoms with E-state index in [2.05, 4.69) is 10.5 Å². The standard InChI is InChI=1S/C21H16N2O5/c1-25-17-5-2-3-6-19(17)27-15-10-8-14(9-11-15)22-21(24)16-13-20(28-23-16)18-7-4-12-26-18/h2-13H,1H3,(H,22,24). The summed E-state index contributed by atoms with van der Waals surface area (Å²) in [5, 5.41) is 6.53. The number of hydrogen-bond donors (Lipinski definition) is 1. The van der Waals surface area contributed by atoms with E-state index in [1.165, 1.54) is 12.3 Å². The summed E-state index contributed by atoms with van der Waals surface area (Å²) in [7, 11) is 1.59. The number of aromatic nitrogens is 1. The Bertz CT molecular complexity index is 1070. The molecule has 1 N–H and O–H groups in total. The molecule has 4 aromatic rings. The molecule has 0 radical (unpaired) electrons. The Morgan fingerprint density at radius 3 is 2.46 bits per heavy atom. The lowest BCUT2D eigenvalue weighted by atomic mass is 10.2. The number of benzene rings is 2. The Morgan fingerprint density at radius 2 is 1.75 bits per heavy atom. The summed E-state index contributed by atoms with van der Waals surface area (Å²) >= 11 is 0. The highest BCUT2D eigenvalue weighted by Gasteiger charge is 2.15. The highest BCUT2D eigenvalue weighted by atomic mass is 16.5. The van der Waals surface area contributed by atoms with Crippen LogP contribution in [0.5, 0.6) is 17.2 Å². The first kappa shape index (κ1) is 17.4. The van der Waals surface area contributed by atoms with Crippen LogP contribution in [0.15, 0.2) is 81.9 Å². The highest BCUT2D eigenvalue weighted by molar-refractivity contribution is 6.03. The Kier molecular flexibility index (Phi) is 4.79. The molecule has 0 fully saturated rings. The topological polar surface area (TPSA) is 86.7 Å². The van der Waals surface area contributed by atoms with Gasteiger partial charge in [-0.05, 0) is 48.5 Å². The van der Waals surface area contributed by atoms with Gasteiger partial charge >= 0.3 is 0 Å². The van der Waals surface area contributed by atoms with E-state index in [1.54, 1.807) is 43.5 Å². The van der Waals surface area contributed by atoms with E-state index in [1.807, 2.05) is 24.3 Å². The smallest absolute Gasteiger partial charge is 0.277 e. The second-order valence-corrected chi connectivity index (χ2v) is 5.79. The van der Waals surface area contributed by atoms with Gasteiger partial charge in [-0.25, -0.2) is 0 Å². The number of carbonyl (C=O) groups excluding carboxylic acids is 1. The van der Waals surface area contributed by atoms with Crippen molar-refractivity contribution in [2.45, 2.75) is 0 Å². The van der Waals surface area contributed by atoms with Gasteiger partial charge in [-0.1, -0.05) is 17.3 Å². The molecule has 0 saturated heterocycles. The first-order valence-electron chi connectivity index (χ1n) is 8.46. The molecular formula is C21H16N2O5. The predicted molar refractivity (Wildman–Crippen MR) is 102 cm³/mol. The molecule has 2 aromatic carbocycles. The van der Waals surface area contributed by atoms with Crippen LogP contribution in [0.25, 0.3) is 11.5 Å². The van der Waals surface area contributed by atoms with Crippen molar-refractivity contribution in [3.8, 4) is 28.8 Å². The summed E-state index contributed by atoms with van der Waals surface area (Å²) in [5.74, 6) is 2.36. The summed E-state index contributed by atoms with van der Waals surface area (Å²) in [6, 6.07) is 19.3. The molecule has 2 heterocycles. The first-order valence-corrected chi connectivity index (χ1v) is 8.46. The van der Waals surface area contributed by atoms with E-state index >= 15 is 0 Å². The third kappa shape index (κ3) is 3.73. The highest BCUT2D eigenvalue weighted by Crippen LogP contribution is 2.31. The van der Waals surface area contributed by atoms with E-state index in [0.29, 0.717) is 34.5 Å². The number of methoxy groups -OCH3 is 1. The molecule has 0 bridgehead atoms. The molecule has 4 rings (SSSR count). The van der Waals surface area contributed by atoms with Gasteiger partial charge < -0.3 is 23.7 Å². The minimum atomic E-state index is -0.389. The number of hydrogen-bond acceptors (Lipinski definition) is 6. The van der Waals surface area contributed by atoms with Crippen molar-refractivity contribution in [3.63, 3.8) is 0 Å². The van der Waals surface area contributed by atoms with E-state index in [4.69, 9.17) is 18.4 Å². The molecule has 0 saturated carbocycles. The van der Waals surface area contributed by atoms with Crippen LogP contribution in [-0.4, -0.2) is 18.2 Å². The lowest BCUT2D eigenvalue weighted by Crippen LogP contribution is -2.11. The van der Waals surface area contributed by atoms with Gasteiger partial charge in [0.2, 0.25) is 5.76 Å². The number of para-hydroxylation sites is 2. The van der Waals surface area contributed by atoms with Crippen LogP contribution in [0.1, 0.15) is 10.5 Å². The first-order chi connectivity index (χ1) is 13.7. The third-order valence-electron chi connectivity index (χ3n) is 3.92. The van der Waals surface area contributed by atoms with Crippen molar-refractivity contribution in [2.75, 3.05) is 12.4 Å². The largest absolute Gasteiger partial charge is 0.493 e. The van der Waals surface area contributed by atoms with Crippen LogP contribution < -0.4 is 14.8 Å². The maximum absolute atomic E-state index is 12.3. The van der Waals surface area contributed by atoms with Gasteiger partial charge in [0, 0.05) is 11.8 Å². The summed E-state index contributed by atoms with van der Waals surface area (Å²) in [4.78, 5) is 12.3. The fourth-order valence-corrected chi connectivity index (χ4v) is 2.55. The molecule has 28 heavy (non-hydrogen) atoms. The zero-order chi connectivity index (χ0) is 19.3. The molecule has 0 unspecified atom stereocenters. The summed E-state index contributed by atoms with van der Waals surface area (Å²) in [6.07, 6.45) is 1.52. The van der Waals surface area contributed by atoms with Crippen LogP contribution in [0, 0.1) is 0 Å². The summed E-state index contributed by atoms with van der Waals surface area (Å²) in [6.45, 7) is 0. The van der Waals surface area contributed by atoms with Gasteiger partial charge in [-0.3, -0.25) is 4.79 Å². The minimum Gasteiger partial charge on any atom is -0.493 e. The van der Waals surface area contributed by atoms with Gasteiger partial charge in [0.25, 0.3) is 5.91 Å². The van der Waals surface area contributed by atoms with Crippen molar-refractivity contribution in [2.24, 2.45) is 0 Å².